The number of aryl methyl sites for hydroxylation is 2. The summed E-state index contributed by atoms with van der Waals surface area (Å²) in [6.07, 6.45) is 0. The quantitative estimate of drug-likeness (QED) is 0.0975. The number of benzene rings is 8. The van der Waals surface area contributed by atoms with Crippen LogP contribution in [0.25, 0.3) is 49.5 Å². The van der Waals surface area contributed by atoms with Crippen LogP contribution in [0.2, 0.25) is 0 Å². The summed E-state index contributed by atoms with van der Waals surface area (Å²) >= 11 is 1.96. The molecule has 0 saturated heterocycles. The highest BCUT2D eigenvalue weighted by atomic mass is 32.2. The van der Waals surface area contributed by atoms with Crippen LogP contribution in [-0.4, -0.2) is 11.1 Å². The number of para-hydroxylation sites is 2. The van der Waals surface area contributed by atoms with Crippen molar-refractivity contribution in [2.24, 2.45) is 7.05 Å². The fourth-order valence-corrected chi connectivity index (χ4v) is 13.7. The zero-order valence-electron chi connectivity index (χ0n) is 45.1. The number of pyridine rings is 1. The first-order valence-corrected chi connectivity index (χ1v) is 27.2. The van der Waals surface area contributed by atoms with Crippen LogP contribution in [-0.2, 0) is 28.7 Å². The van der Waals surface area contributed by atoms with Gasteiger partial charge >= 0.3 is 0 Å². The van der Waals surface area contributed by atoms with E-state index in [-0.39, 0.29) is 28.4 Å². The highest BCUT2D eigenvalue weighted by molar-refractivity contribution is 7.99. The van der Waals surface area contributed by atoms with E-state index in [2.05, 4.69) is 261 Å². The standard InChI is InChI=1S/C67H66BN4S/c1-39-19-17-22-48-47-20-15-16-23-51(47)72-61-46(21-18-24-54(61)69(14)63(72)59(39)48)40-33-55-60-56(34-40)71-53-32-28-43(66(8,9)10)37-57(53)73-58-38-44(67(11,12)13)36-50(62(58)71)68(60)49-35-42(65(5,6)7)27-31-52(49)70(55)45-29-25-41(26-30-45)64(2,3)4/h15-38H,1-14H3/q+1. The average Bonchev–Trinajstić information content (AvgIpc) is 3.66. The maximum atomic E-state index is 2.68. The normalized spacial score (nSPS) is 14.3. The third-order valence-corrected chi connectivity index (χ3v) is 17.6. The fourth-order valence-electron chi connectivity index (χ4n) is 12.5. The topological polar surface area (TPSA) is 14.8 Å². The molecule has 3 aliphatic rings. The van der Waals surface area contributed by atoms with Gasteiger partial charge in [0.2, 0.25) is 0 Å². The molecule has 0 N–H and O–H groups in total. The first-order valence-electron chi connectivity index (χ1n) is 26.4. The van der Waals surface area contributed by atoms with Crippen molar-refractivity contribution >= 4 is 107 Å². The molecule has 0 unspecified atom stereocenters. The van der Waals surface area contributed by atoms with Gasteiger partial charge in [-0.2, -0.15) is 4.40 Å². The Balaban J connectivity index is 1.20. The van der Waals surface area contributed by atoms with Crippen molar-refractivity contribution in [2.45, 2.75) is 121 Å². The number of nitrogens with zero attached hydrogens (tertiary/aromatic N) is 4. The molecule has 0 spiro atoms. The van der Waals surface area contributed by atoms with E-state index >= 15 is 0 Å². The van der Waals surface area contributed by atoms with E-state index in [1.807, 2.05) is 11.8 Å². The van der Waals surface area contributed by atoms with E-state index in [9.17, 15) is 0 Å². The predicted molar refractivity (Wildman–Crippen MR) is 314 cm³/mol. The van der Waals surface area contributed by atoms with E-state index in [1.165, 1.54) is 138 Å². The Morgan fingerprint density at radius 2 is 1.08 bits per heavy atom. The summed E-state index contributed by atoms with van der Waals surface area (Å²) in [5.74, 6) is 0. The van der Waals surface area contributed by atoms with E-state index in [0.29, 0.717) is 0 Å². The Bertz CT molecular complexity index is 4020. The lowest BCUT2D eigenvalue weighted by Crippen LogP contribution is -2.62. The van der Waals surface area contributed by atoms with Crippen LogP contribution in [0, 0.1) is 6.92 Å². The molecular weight excluding hydrogens is 904 g/mol. The minimum absolute atomic E-state index is 0.000710. The second kappa shape index (κ2) is 15.4. The first-order chi connectivity index (χ1) is 34.6. The van der Waals surface area contributed by atoms with Gasteiger partial charge in [-0.15, -0.1) is 0 Å². The second-order valence-corrected chi connectivity index (χ2v) is 26.5. The molecule has 3 aliphatic heterocycles. The van der Waals surface area contributed by atoms with Gasteiger partial charge in [0.1, 0.15) is 5.52 Å². The van der Waals surface area contributed by atoms with Gasteiger partial charge in [0.05, 0.1) is 23.8 Å². The van der Waals surface area contributed by atoms with Gasteiger partial charge < -0.3 is 9.80 Å². The van der Waals surface area contributed by atoms with Crippen molar-refractivity contribution in [3.63, 3.8) is 0 Å². The summed E-state index contributed by atoms with van der Waals surface area (Å²) in [6.45, 7) is 30.4. The SMILES string of the molecule is Cc1cccc2c3ccccc3n3c4c(-c5cc6c7c(c5)N5c8ccc(C(C)(C)C)cc8Sc8cc(C(C)(C)C)cc(c85)B7c5cc(C(C)(C)C)ccc5N6c5ccc(C(C)(C)C)cc5)cccc4[n+](C)c3c12. The summed E-state index contributed by atoms with van der Waals surface area (Å²) in [5, 5.41) is 3.84. The highest BCUT2D eigenvalue weighted by Crippen LogP contribution is 2.56. The molecular formula is C67H66BN4S+. The van der Waals surface area contributed by atoms with Crippen LogP contribution in [0.15, 0.2) is 155 Å². The van der Waals surface area contributed by atoms with Crippen molar-refractivity contribution in [3.05, 3.63) is 173 Å². The van der Waals surface area contributed by atoms with Gasteiger partial charge in [-0.05, 0) is 145 Å². The number of aromatic nitrogens is 2. The third-order valence-electron chi connectivity index (χ3n) is 16.5. The minimum atomic E-state index is -0.0636. The van der Waals surface area contributed by atoms with Crippen LogP contribution >= 0.6 is 11.8 Å². The summed E-state index contributed by atoms with van der Waals surface area (Å²) in [7, 11) is 2.26. The molecule has 0 radical (unpaired) electrons. The zero-order chi connectivity index (χ0) is 51.0. The number of hydrogen-bond acceptors (Lipinski definition) is 3. The van der Waals surface area contributed by atoms with Crippen LogP contribution in [0.5, 0.6) is 0 Å². The molecule has 4 nitrogen and oxygen atoms in total. The van der Waals surface area contributed by atoms with Crippen LogP contribution in [0.4, 0.5) is 34.1 Å². The lowest BCUT2D eigenvalue weighted by molar-refractivity contribution is -0.617. The average molecular weight is 970 g/mol. The van der Waals surface area contributed by atoms with Gasteiger partial charge in [0, 0.05) is 48.9 Å². The molecule has 6 heteroatoms. The number of rotatable bonds is 2. The number of anilines is 6. The molecule has 0 amide bonds. The Morgan fingerprint density at radius 1 is 0.493 bits per heavy atom. The Kier molecular flexibility index (Phi) is 9.72. The molecule has 0 saturated carbocycles. The lowest BCUT2D eigenvalue weighted by atomic mass is 9.33. The van der Waals surface area contributed by atoms with Crippen molar-refractivity contribution in [1.29, 1.82) is 0 Å². The van der Waals surface area contributed by atoms with Crippen LogP contribution in [0.3, 0.4) is 0 Å². The molecule has 10 aromatic rings. The van der Waals surface area contributed by atoms with Crippen LogP contribution in [0.1, 0.15) is 111 Å². The Morgan fingerprint density at radius 3 is 1.78 bits per heavy atom. The smallest absolute Gasteiger partial charge is 0.295 e. The second-order valence-electron chi connectivity index (χ2n) is 25.5. The molecule has 362 valence electrons. The van der Waals surface area contributed by atoms with Crippen molar-refractivity contribution in [2.75, 3.05) is 9.80 Å². The summed E-state index contributed by atoms with van der Waals surface area (Å²) < 4.78 is 5.00. The maximum Gasteiger partial charge on any atom is 0.295 e. The summed E-state index contributed by atoms with van der Waals surface area (Å²) in [4.78, 5) is 7.91. The first kappa shape index (κ1) is 46.1. The fraction of sp³-hybridized carbons (Fsp3) is 0.269. The molecule has 8 aromatic carbocycles. The van der Waals surface area contributed by atoms with Gasteiger partial charge in [-0.25, -0.2) is 4.57 Å². The van der Waals surface area contributed by atoms with Crippen molar-refractivity contribution < 1.29 is 4.57 Å². The molecule has 2 aromatic heterocycles. The number of hydrogen-bond donors (Lipinski definition) is 0. The number of fused-ring (bicyclic) bond motifs is 14. The lowest BCUT2D eigenvalue weighted by Gasteiger charge is -2.47. The van der Waals surface area contributed by atoms with Gasteiger partial charge in [-0.3, -0.25) is 0 Å². The molecule has 0 fully saturated rings. The molecule has 13 rings (SSSR count). The van der Waals surface area contributed by atoms with E-state index in [4.69, 9.17) is 0 Å². The van der Waals surface area contributed by atoms with Gasteiger partial charge in [0.15, 0.2) is 11.0 Å². The zero-order valence-corrected chi connectivity index (χ0v) is 45.9. The molecule has 5 heterocycles. The molecule has 0 aliphatic carbocycles. The molecule has 0 atom stereocenters. The van der Waals surface area contributed by atoms with E-state index in [0.717, 1.165) is 0 Å². The number of imidazole rings is 1. The van der Waals surface area contributed by atoms with Gasteiger partial charge in [0.25, 0.3) is 12.4 Å². The minimum Gasteiger partial charge on any atom is -0.311 e. The van der Waals surface area contributed by atoms with E-state index < -0.39 is 0 Å². The van der Waals surface area contributed by atoms with Crippen molar-refractivity contribution in [3.8, 4) is 11.1 Å². The van der Waals surface area contributed by atoms with E-state index in [1.54, 1.807) is 0 Å². The van der Waals surface area contributed by atoms with Crippen molar-refractivity contribution in [1.82, 2.24) is 4.40 Å². The summed E-state index contributed by atoms with van der Waals surface area (Å²) in [6, 6.07) is 57.1. The summed E-state index contributed by atoms with van der Waals surface area (Å²) in [5.41, 5.74) is 25.4. The van der Waals surface area contributed by atoms with Crippen LogP contribution < -0.4 is 30.8 Å². The molecule has 0 bridgehead atoms. The van der Waals surface area contributed by atoms with Gasteiger partial charge in [-0.1, -0.05) is 174 Å². The monoisotopic (exact) mass is 970 g/mol. The predicted octanol–water partition coefficient (Wildman–Crippen LogP) is 15.9. The Hall–Kier alpha value is -6.76. The highest BCUT2D eigenvalue weighted by Gasteiger charge is 2.47. The Labute approximate surface area is 436 Å². The largest absolute Gasteiger partial charge is 0.311 e. The molecule has 73 heavy (non-hydrogen) atoms. The third kappa shape index (κ3) is 6.78. The maximum absolute atomic E-state index is 2.68.